The van der Waals surface area contributed by atoms with Crippen LogP contribution >= 0.6 is 11.6 Å². The second-order valence-corrected chi connectivity index (χ2v) is 5.31. The first kappa shape index (κ1) is 11.1. The zero-order valence-electron chi connectivity index (χ0n) is 9.57. The molecule has 1 saturated carbocycles. The predicted molar refractivity (Wildman–Crippen MR) is 70.5 cm³/mol. The van der Waals surface area contributed by atoms with Gasteiger partial charge in [0.2, 0.25) is 0 Å². The molecule has 0 amide bonds. The molecule has 0 radical (unpaired) electrons. The Morgan fingerprint density at radius 3 is 2.76 bits per heavy atom. The van der Waals surface area contributed by atoms with Crippen LogP contribution < -0.4 is 11.1 Å². The number of amidine groups is 1. The molecule has 90 valence electrons. The molecule has 1 fully saturated rings. The first-order valence-electron chi connectivity index (χ1n) is 6.08. The van der Waals surface area contributed by atoms with Gasteiger partial charge in [-0.3, -0.25) is 4.99 Å². The summed E-state index contributed by atoms with van der Waals surface area (Å²) in [7, 11) is 0. The molecule has 1 aliphatic heterocycles. The topological polar surface area (TPSA) is 50.4 Å². The molecular weight excluding hydrogens is 234 g/mol. The third kappa shape index (κ3) is 2.17. The highest BCUT2D eigenvalue weighted by atomic mass is 35.5. The molecule has 0 spiro atoms. The Balaban J connectivity index is 1.80. The summed E-state index contributed by atoms with van der Waals surface area (Å²) in [6.07, 6.45) is 3.20. The number of nitrogens with two attached hydrogens (primary N) is 1. The van der Waals surface area contributed by atoms with Gasteiger partial charge >= 0.3 is 0 Å². The fourth-order valence-electron chi connectivity index (χ4n) is 2.64. The smallest absolute Gasteiger partial charge is 0.128 e. The van der Waals surface area contributed by atoms with Crippen molar-refractivity contribution >= 4 is 17.4 Å². The standard InChI is InChI=1S/C13H16ClN3/c14-9-3-1-8(2-4-9)13-16-11-6-5-10(15)7-12(11)17-13/h1-4,10-12H,5-7,15H2,(H,16,17). The highest BCUT2D eigenvalue weighted by Gasteiger charge is 2.33. The Labute approximate surface area is 106 Å². The van der Waals surface area contributed by atoms with Crippen molar-refractivity contribution in [2.45, 2.75) is 37.4 Å². The Morgan fingerprint density at radius 1 is 1.24 bits per heavy atom. The summed E-state index contributed by atoms with van der Waals surface area (Å²) in [6.45, 7) is 0. The number of benzene rings is 1. The Morgan fingerprint density at radius 2 is 2.00 bits per heavy atom. The summed E-state index contributed by atoms with van der Waals surface area (Å²) >= 11 is 5.88. The zero-order valence-corrected chi connectivity index (χ0v) is 10.3. The largest absolute Gasteiger partial charge is 0.365 e. The van der Waals surface area contributed by atoms with Crippen molar-refractivity contribution in [2.75, 3.05) is 0 Å². The van der Waals surface area contributed by atoms with E-state index >= 15 is 0 Å². The van der Waals surface area contributed by atoms with Crippen molar-refractivity contribution in [1.82, 2.24) is 5.32 Å². The number of rotatable bonds is 1. The maximum absolute atomic E-state index is 5.99. The molecule has 3 unspecified atom stereocenters. The third-order valence-electron chi connectivity index (χ3n) is 3.59. The van der Waals surface area contributed by atoms with E-state index in [2.05, 4.69) is 5.32 Å². The van der Waals surface area contributed by atoms with Gasteiger partial charge in [-0.15, -0.1) is 0 Å². The summed E-state index contributed by atoms with van der Waals surface area (Å²) in [5.41, 5.74) is 7.09. The molecule has 0 saturated heterocycles. The van der Waals surface area contributed by atoms with E-state index in [1.807, 2.05) is 24.3 Å². The zero-order chi connectivity index (χ0) is 11.8. The molecule has 1 aliphatic carbocycles. The molecule has 1 aromatic rings. The second-order valence-electron chi connectivity index (χ2n) is 4.88. The molecule has 0 aromatic heterocycles. The normalized spacial score (nSPS) is 31.6. The predicted octanol–water partition coefficient (Wildman–Crippen LogP) is 1.94. The highest BCUT2D eigenvalue weighted by Crippen LogP contribution is 2.25. The molecule has 17 heavy (non-hydrogen) atoms. The lowest BCUT2D eigenvalue weighted by molar-refractivity contribution is 0.347. The third-order valence-corrected chi connectivity index (χ3v) is 3.84. The minimum atomic E-state index is 0.323. The van der Waals surface area contributed by atoms with E-state index in [1.54, 1.807) is 0 Å². The van der Waals surface area contributed by atoms with Crippen molar-refractivity contribution in [2.24, 2.45) is 10.7 Å². The van der Waals surface area contributed by atoms with Gasteiger partial charge in [-0.1, -0.05) is 11.6 Å². The van der Waals surface area contributed by atoms with Crippen molar-refractivity contribution in [3.63, 3.8) is 0 Å². The minimum absolute atomic E-state index is 0.323. The fraction of sp³-hybridized carbons (Fsp3) is 0.462. The summed E-state index contributed by atoms with van der Waals surface area (Å²) in [5.74, 6) is 0.991. The van der Waals surface area contributed by atoms with Gasteiger partial charge in [0, 0.05) is 16.6 Å². The van der Waals surface area contributed by atoms with Crippen molar-refractivity contribution in [1.29, 1.82) is 0 Å². The number of fused-ring (bicyclic) bond motifs is 1. The summed E-state index contributed by atoms with van der Waals surface area (Å²) in [5, 5.41) is 4.24. The quantitative estimate of drug-likeness (QED) is 0.799. The average molecular weight is 250 g/mol. The SMILES string of the molecule is NC1CCC2N=C(c3ccc(Cl)cc3)NC2C1. The lowest BCUT2D eigenvalue weighted by Gasteiger charge is -2.28. The first-order chi connectivity index (χ1) is 8.22. The first-order valence-corrected chi connectivity index (χ1v) is 6.46. The van der Waals surface area contributed by atoms with E-state index in [0.29, 0.717) is 18.1 Å². The van der Waals surface area contributed by atoms with Crippen molar-refractivity contribution in [3.05, 3.63) is 34.9 Å². The van der Waals surface area contributed by atoms with Gasteiger partial charge in [0.1, 0.15) is 5.84 Å². The van der Waals surface area contributed by atoms with Gasteiger partial charge in [0.25, 0.3) is 0 Å². The minimum Gasteiger partial charge on any atom is -0.365 e. The maximum Gasteiger partial charge on any atom is 0.128 e. The van der Waals surface area contributed by atoms with Gasteiger partial charge in [-0.05, 0) is 43.5 Å². The van der Waals surface area contributed by atoms with E-state index < -0.39 is 0 Å². The van der Waals surface area contributed by atoms with Gasteiger partial charge in [-0.25, -0.2) is 0 Å². The molecule has 3 nitrogen and oxygen atoms in total. The van der Waals surface area contributed by atoms with Gasteiger partial charge in [0.15, 0.2) is 0 Å². The Hall–Kier alpha value is -1.06. The number of nitrogens with zero attached hydrogens (tertiary/aromatic N) is 1. The average Bonchev–Trinajstić information content (AvgIpc) is 2.72. The molecule has 1 heterocycles. The van der Waals surface area contributed by atoms with Crippen LogP contribution in [-0.4, -0.2) is 24.0 Å². The summed E-state index contributed by atoms with van der Waals surface area (Å²) < 4.78 is 0. The summed E-state index contributed by atoms with van der Waals surface area (Å²) in [4.78, 5) is 4.75. The number of hydrogen-bond donors (Lipinski definition) is 2. The number of halogens is 1. The Bertz CT molecular complexity index is 440. The van der Waals surface area contributed by atoms with Crippen LogP contribution in [0.1, 0.15) is 24.8 Å². The number of aliphatic imine (C=N–C) groups is 1. The van der Waals surface area contributed by atoms with Crippen LogP contribution in [0.4, 0.5) is 0 Å². The van der Waals surface area contributed by atoms with Crippen molar-refractivity contribution < 1.29 is 0 Å². The van der Waals surface area contributed by atoms with Gasteiger partial charge < -0.3 is 11.1 Å². The molecule has 0 bridgehead atoms. The lowest BCUT2D eigenvalue weighted by atomic mass is 9.88. The van der Waals surface area contributed by atoms with Gasteiger partial charge in [-0.2, -0.15) is 0 Å². The van der Waals surface area contributed by atoms with Crippen LogP contribution in [0.2, 0.25) is 5.02 Å². The molecule has 3 N–H and O–H groups in total. The second kappa shape index (κ2) is 4.31. The highest BCUT2D eigenvalue weighted by molar-refractivity contribution is 6.30. The van der Waals surface area contributed by atoms with Crippen molar-refractivity contribution in [3.8, 4) is 0 Å². The monoisotopic (exact) mass is 249 g/mol. The van der Waals surface area contributed by atoms with Crippen LogP contribution in [0.3, 0.4) is 0 Å². The molecule has 3 atom stereocenters. The van der Waals surface area contributed by atoms with Crippen LogP contribution in [0.15, 0.2) is 29.3 Å². The van der Waals surface area contributed by atoms with E-state index in [0.717, 1.165) is 35.7 Å². The van der Waals surface area contributed by atoms with Crippen LogP contribution in [-0.2, 0) is 0 Å². The molecule has 2 aliphatic rings. The molecule has 4 heteroatoms. The van der Waals surface area contributed by atoms with Crippen LogP contribution in [0.5, 0.6) is 0 Å². The summed E-state index contributed by atoms with van der Waals surface area (Å²) in [6, 6.07) is 8.95. The van der Waals surface area contributed by atoms with Crippen LogP contribution in [0, 0.1) is 0 Å². The van der Waals surface area contributed by atoms with E-state index in [9.17, 15) is 0 Å². The van der Waals surface area contributed by atoms with E-state index in [-0.39, 0.29) is 0 Å². The lowest BCUT2D eigenvalue weighted by Crippen LogP contribution is -2.44. The van der Waals surface area contributed by atoms with E-state index in [4.69, 9.17) is 22.3 Å². The van der Waals surface area contributed by atoms with Gasteiger partial charge in [0.05, 0.1) is 12.1 Å². The maximum atomic E-state index is 5.99. The molecular formula is C13H16ClN3. The number of nitrogens with one attached hydrogen (secondary N) is 1. The van der Waals surface area contributed by atoms with E-state index in [1.165, 1.54) is 0 Å². The van der Waals surface area contributed by atoms with Crippen LogP contribution in [0.25, 0.3) is 0 Å². The number of hydrogen-bond acceptors (Lipinski definition) is 3. The Kier molecular flexibility index (Phi) is 2.81. The fourth-order valence-corrected chi connectivity index (χ4v) is 2.77. The molecule has 3 rings (SSSR count). The molecule has 1 aromatic carbocycles.